The van der Waals surface area contributed by atoms with Crippen molar-refractivity contribution < 1.29 is 0 Å². The predicted molar refractivity (Wildman–Crippen MR) is 52.3 cm³/mol. The minimum Gasteiger partial charge on any atom is -0.353 e. The normalized spacial score (nSPS) is 9.64. The molecule has 0 saturated carbocycles. The first kappa shape index (κ1) is 8.66. The number of aromatic nitrogens is 2. The van der Waals surface area contributed by atoms with Gasteiger partial charge in [-0.2, -0.15) is 0 Å². The van der Waals surface area contributed by atoms with Crippen molar-refractivity contribution in [2.45, 2.75) is 0 Å². The average molecular weight is 264 g/mol. The molecule has 1 aromatic heterocycles. The number of halogens is 1. The van der Waals surface area contributed by atoms with Crippen LogP contribution in [0.4, 0.5) is 5.95 Å². The molecule has 60 valence electrons. The molecule has 4 nitrogen and oxygen atoms in total. The van der Waals surface area contributed by atoms with E-state index in [2.05, 4.69) is 37.9 Å². The Morgan fingerprint density at radius 1 is 1.45 bits per heavy atom. The number of hydrogen-bond donors (Lipinski definition) is 2. The molecule has 0 spiro atoms. The first-order valence-electron chi connectivity index (χ1n) is 3.24. The molecule has 0 bridgehead atoms. The number of nitrogens with one attached hydrogen (secondary N) is 1. The Balaban J connectivity index is 2.52. The van der Waals surface area contributed by atoms with Crippen LogP contribution in [0.15, 0.2) is 12.4 Å². The Morgan fingerprint density at radius 3 is 2.64 bits per heavy atom. The third-order valence-corrected chi connectivity index (χ3v) is 1.60. The highest BCUT2D eigenvalue weighted by Crippen LogP contribution is 2.01. The maximum Gasteiger partial charge on any atom is 0.222 e. The van der Waals surface area contributed by atoms with Gasteiger partial charge in [-0.25, -0.2) is 9.97 Å². The van der Waals surface area contributed by atoms with Crippen molar-refractivity contribution in [2.75, 3.05) is 18.4 Å². The molecule has 11 heavy (non-hydrogen) atoms. The standard InChI is InChI=1S/C6H9IN4/c7-5-3-10-6(11-4-5)9-2-1-8/h3-4H,1-2,8H2,(H,9,10,11). The van der Waals surface area contributed by atoms with Crippen LogP contribution in [-0.2, 0) is 0 Å². The summed E-state index contributed by atoms with van der Waals surface area (Å²) in [6, 6.07) is 0. The molecule has 0 aliphatic rings. The molecule has 1 aromatic rings. The summed E-state index contributed by atoms with van der Waals surface area (Å²) in [5.41, 5.74) is 5.29. The lowest BCUT2D eigenvalue weighted by Gasteiger charge is -2.00. The summed E-state index contributed by atoms with van der Waals surface area (Å²) in [5, 5.41) is 2.97. The molecule has 0 aliphatic heterocycles. The van der Waals surface area contributed by atoms with Crippen LogP contribution in [0.1, 0.15) is 0 Å². The van der Waals surface area contributed by atoms with Crippen LogP contribution in [0.25, 0.3) is 0 Å². The molecule has 0 unspecified atom stereocenters. The lowest BCUT2D eigenvalue weighted by molar-refractivity contribution is 0.987. The van der Waals surface area contributed by atoms with Gasteiger partial charge in [-0.15, -0.1) is 0 Å². The van der Waals surface area contributed by atoms with E-state index >= 15 is 0 Å². The van der Waals surface area contributed by atoms with E-state index in [9.17, 15) is 0 Å². The number of nitrogens with two attached hydrogens (primary N) is 1. The second kappa shape index (κ2) is 4.45. The SMILES string of the molecule is NCCNc1ncc(I)cn1. The lowest BCUT2D eigenvalue weighted by Crippen LogP contribution is -2.14. The Hall–Kier alpha value is -0.430. The summed E-state index contributed by atoms with van der Waals surface area (Å²) < 4.78 is 1.03. The molecule has 0 aromatic carbocycles. The fourth-order valence-electron chi connectivity index (χ4n) is 0.588. The first-order valence-corrected chi connectivity index (χ1v) is 4.32. The van der Waals surface area contributed by atoms with Crippen molar-refractivity contribution in [2.24, 2.45) is 5.73 Å². The summed E-state index contributed by atoms with van der Waals surface area (Å²) in [6.45, 7) is 1.30. The third kappa shape index (κ3) is 2.98. The highest BCUT2D eigenvalue weighted by molar-refractivity contribution is 14.1. The zero-order valence-electron chi connectivity index (χ0n) is 5.92. The summed E-state index contributed by atoms with van der Waals surface area (Å²) in [6.07, 6.45) is 3.51. The molecule has 0 aliphatic carbocycles. The van der Waals surface area contributed by atoms with Crippen LogP contribution in [-0.4, -0.2) is 23.1 Å². The Morgan fingerprint density at radius 2 is 2.09 bits per heavy atom. The van der Waals surface area contributed by atoms with Gasteiger partial charge in [0, 0.05) is 29.1 Å². The molecular formula is C6H9IN4. The Kier molecular flexibility index (Phi) is 3.50. The van der Waals surface area contributed by atoms with Gasteiger partial charge in [0.05, 0.1) is 0 Å². The van der Waals surface area contributed by atoms with E-state index in [4.69, 9.17) is 5.73 Å². The summed E-state index contributed by atoms with van der Waals surface area (Å²) in [4.78, 5) is 8.06. The molecule has 0 saturated heterocycles. The molecule has 0 amide bonds. The zero-order valence-corrected chi connectivity index (χ0v) is 8.08. The fourth-order valence-corrected chi connectivity index (χ4v) is 0.866. The highest BCUT2D eigenvalue weighted by atomic mass is 127. The van der Waals surface area contributed by atoms with Crippen LogP contribution in [0.2, 0.25) is 0 Å². The van der Waals surface area contributed by atoms with Crippen LogP contribution in [0.3, 0.4) is 0 Å². The van der Waals surface area contributed by atoms with E-state index < -0.39 is 0 Å². The topological polar surface area (TPSA) is 63.8 Å². The molecule has 0 atom stereocenters. The monoisotopic (exact) mass is 264 g/mol. The minimum atomic E-state index is 0.593. The minimum absolute atomic E-state index is 0.593. The van der Waals surface area contributed by atoms with Gasteiger partial charge in [0.2, 0.25) is 5.95 Å². The van der Waals surface area contributed by atoms with Crippen molar-refractivity contribution in [3.8, 4) is 0 Å². The van der Waals surface area contributed by atoms with Gasteiger partial charge in [-0.1, -0.05) is 0 Å². The van der Waals surface area contributed by atoms with Gasteiger partial charge >= 0.3 is 0 Å². The molecular weight excluding hydrogens is 255 g/mol. The summed E-state index contributed by atoms with van der Waals surface area (Å²) >= 11 is 2.16. The van der Waals surface area contributed by atoms with E-state index in [1.807, 2.05) is 0 Å². The van der Waals surface area contributed by atoms with Gasteiger partial charge in [-0.05, 0) is 22.6 Å². The van der Waals surface area contributed by atoms with Crippen LogP contribution >= 0.6 is 22.6 Å². The van der Waals surface area contributed by atoms with Gasteiger partial charge < -0.3 is 11.1 Å². The van der Waals surface area contributed by atoms with Crippen molar-refractivity contribution >= 4 is 28.5 Å². The quantitative estimate of drug-likeness (QED) is 0.778. The van der Waals surface area contributed by atoms with Crippen molar-refractivity contribution in [1.82, 2.24) is 9.97 Å². The summed E-state index contributed by atoms with van der Waals surface area (Å²) in [5.74, 6) is 0.635. The van der Waals surface area contributed by atoms with E-state index in [1.54, 1.807) is 12.4 Å². The first-order chi connectivity index (χ1) is 5.33. The predicted octanol–water partition coefficient (Wildman–Crippen LogP) is 0.452. The van der Waals surface area contributed by atoms with E-state index in [1.165, 1.54) is 0 Å². The fraction of sp³-hybridized carbons (Fsp3) is 0.333. The number of nitrogens with zero attached hydrogens (tertiary/aromatic N) is 2. The van der Waals surface area contributed by atoms with Crippen LogP contribution < -0.4 is 11.1 Å². The van der Waals surface area contributed by atoms with E-state index in [0.29, 0.717) is 19.0 Å². The molecule has 5 heteroatoms. The van der Waals surface area contributed by atoms with Gasteiger partial charge in [-0.3, -0.25) is 0 Å². The second-order valence-corrected chi connectivity index (χ2v) is 3.19. The number of anilines is 1. The number of hydrogen-bond acceptors (Lipinski definition) is 4. The molecule has 3 N–H and O–H groups in total. The van der Waals surface area contributed by atoms with E-state index in [-0.39, 0.29) is 0 Å². The largest absolute Gasteiger partial charge is 0.353 e. The van der Waals surface area contributed by atoms with Crippen LogP contribution in [0, 0.1) is 3.57 Å². The van der Waals surface area contributed by atoms with Crippen molar-refractivity contribution in [3.63, 3.8) is 0 Å². The van der Waals surface area contributed by atoms with Crippen molar-refractivity contribution in [3.05, 3.63) is 16.0 Å². The Bertz CT molecular complexity index is 210. The maximum absolute atomic E-state index is 5.29. The average Bonchev–Trinajstić information content (AvgIpc) is 2.04. The second-order valence-electron chi connectivity index (χ2n) is 1.94. The Labute approximate surface area is 78.8 Å². The van der Waals surface area contributed by atoms with Gasteiger partial charge in [0.25, 0.3) is 0 Å². The number of rotatable bonds is 3. The summed E-state index contributed by atoms with van der Waals surface area (Å²) in [7, 11) is 0. The molecule has 1 rings (SSSR count). The van der Waals surface area contributed by atoms with Crippen molar-refractivity contribution in [1.29, 1.82) is 0 Å². The molecule has 1 heterocycles. The maximum atomic E-state index is 5.29. The molecule has 0 radical (unpaired) electrons. The van der Waals surface area contributed by atoms with E-state index in [0.717, 1.165) is 3.57 Å². The third-order valence-electron chi connectivity index (χ3n) is 1.05. The lowest BCUT2D eigenvalue weighted by atomic mass is 10.6. The van der Waals surface area contributed by atoms with Gasteiger partial charge in [0.15, 0.2) is 0 Å². The smallest absolute Gasteiger partial charge is 0.222 e. The molecule has 0 fully saturated rings. The van der Waals surface area contributed by atoms with Gasteiger partial charge in [0.1, 0.15) is 0 Å². The zero-order chi connectivity index (χ0) is 8.10. The van der Waals surface area contributed by atoms with Crippen LogP contribution in [0.5, 0.6) is 0 Å². The highest BCUT2D eigenvalue weighted by Gasteiger charge is 1.91.